The van der Waals surface area contributed by atoms with E-state index in [-0.39, 0.29) is 11.9 Å². The van der Waals surface area contributed by atoms with Gasteiger partial charge in [-0.15, -0.1) is 0 Å². The molecule has 1 amide bonds. The second-order valence-electron chi connectivity index (χ2n) is 6.88. The summed E-state index contributed by atoms with van der Waals surface area (Å²) < 4.78 is 7.68. The zero-order valence-corrected chi connectivity index (χ0v) is 14.0. The number of fused-ring (bicyclic) bond motifs is 1. The number of benzene rings is 1. The van der Waals surface area contributed by atoms with Crippen LogP contribution in [-0.4, -0.2) is 53.8 Å². The van der Waals surface area contributed by atoms with Gasteiger partial charge in [-0.05, 0) is 43.5 Å². The number of ether oxygens (including phenoxy) is 1. The fraction of sp³-hybridized carbons (Fsp3) is 0.526. The molecule has 0 bridgehead atoms. The van der Waals surface area contributed by atoms with Crippen molar-refractivity contribution < 1.29 is 9.53 Å². The summed E-state index contributed by atoms with van der Waals surface area (Å²) in [5.74, 6) is 0.0638. The maximum atomic E-state index is 12.5. The van der Waals surface area contributed by atoms with Crippen LogP contribution >= 0.6 is 0 Å². The Morgan fingerprint density at radius 2 is 1.96 bits per heavy atom. The third-order valence-electron chi connectivity index (χ3n) is 5.25. The Labute approximate surface area is 142 Å². The van der Waals surface area contributed by atoms with Crippen molar-refractivity contribution >= 4 is 16.8 Å². The van der Waals surface area contributed by atoms with Crippen LogP contribution in [0.25, 0.3) is 10.9 Å². The first kappa shape index (κ1) is 15.7. The van der Waals surface area contributed by atoms with Crippen LogP contribution in [0.2, 0.25) is 0 Å². The molecule has 1 N–H and O–H groups in total. The van der Waals surface area contributed by atoms with Gasteiger partial charge in [0, 0.05) is 11.7 Å². The molecule has 2 aliphatic heterocycles. The van der Waals surface area contributed by atoms with Crippen LogP contribution in [0.1, 0.15) is 19.3 Å². The molecule has 2 aliphatic rings. The molecule has 4 rings (SSSR count). The summed E-state index contributed by atoms with van der Waals surface area (Å²) in [6, 6.07) is 10.6. The Morgan fingerprint density at radius 3 is 2.83 bits per heavy atom. The van der Waals surface area contributed by atoms with E-state index in [4.69, 9.17) is 4.74 Å². The first-order valence-corrected chi connectivity index (χ1v) is 8.96. The van der Waals surface area contributed by atoms with Gasteiger partial charge in [-0.2, -0.15) is 0 Å². The summed E-state index contributed by atoms with van der Waals surface area (Å²) in [5, 5.41) is 4.37. The van der Waals surface area contributed by atoms with E-state index in [1.54, 1.807) is 0 Å². The number of hydrogen-bond acceptors (Lipinski definition) is 3. The van der Waals surface area contributed by atoms with Gasteiger partial charge in [-0.3, -0.25) is 9.69 Å². The van der Waals surface area contributed by atoms with Gasteiger partial charge in [0.1, 0.15) is 6.54 Å². The van der Waals surface area contributed by atoms with Crippen LogP contribution in [-0.2, 0) is 16.1 Å². The van der Waals surface area contributed by atoms with Gasteiger partial charge >= 0.3 is 0 Å². The van der Waals surface area contributed by atoms with E-state index in [9.17, 15) is 4.79 Å². The lowest BCUT2D eigenvalue weighted by Gasteiger charge is -2.34. The van der Waals surface area contributed by atoms with Crippen LogP contribution in [0, 0.1) is 0 Å². The topological polar surface area (TPSA) is 46.5 Å². The summed E-state index contributed by atoms with van der Waals surface area (Å²) >= 11 is 0. The second-order valence-corrected chi connectivity index (χ2v) is 6.88. The van der Waals surface area contributed by atoms with Crippen LogP contribution in [0.3, 0.4) is 0 Å². The molecule has 128 valence electrons. The van der Waals surface area contributed by atoms with Crippen molar-refractivity contribution in [2.75, 3.05) is 26.3 Å². The van der Waals surface area contributed by atoms with Crippen molar-refractivity contribution in [1.82, 2.24) is 14.8 Å². The monoisotopic (exact) mass is 327 g/mol. The van der Waals surface area contributed by atoms with Crippen LogP contribution < -0.4 is 5.32 Å². The first-order valence-electron chi connectivity index (χ1n) is 8.96. The molecule has 5 heteroatoms. The lowest BCUT2D eigenvalue weighted by molar-refractivity contribution is -0.122. The molecule has 0 spiro atoms. The van der Waals surface area contributed by atoms with E-state index in [0.717, 1.165) is 25.2 Å². The fourth-order valence-electron chi connectivity index (χ4n) is 3.98. The van der Waals surface area contributed by atoms with Crippen molar-refractivity contribution in [2.24, 2.45) is 0 Å². The standard InChI is InChI=1S/C19H25N3O2/c23-19(12-22-11-8-15-6-2-3-7-17(15)22)20-16-13-24-14-18(16)21-9-4-1-5-10-21/h2-3,6-8,11,16,18H,1,4-5,9-10,12-14H2,(H,20,23)/t16-,18-/m1/s1. The maximum Gasteiger partial charge on any atom is 0.240 e. The number of carbonyl (C=O) groups is 1. The summed E-state index contributed by atoms with van der Waals surface area (Å²) in [6.07, 6.45) is 5.82. The highest BCUT2D eigenvalue weighted by Gasteiger charge is 2.34. The highest BCUT2D eigenvalue weighted by molar-refractivity contribution is 5.83. The average molecular weight is 327 g/mol. The fourth-order valence-corrected chi connectivity index (χ4v) is 3.98. The van der Waals surface area contributed by atoms with E-state index in [2.05, 4.69) is 28.4 Å². The quantitative estimate of drug-likeness (QED) is 0.934. The summed E-state index contributed by atoms with van der Waals surface area (Å²) in [7, 11) is 0. The predicted octanol–water partition coefficient (Wildman–Crippen LogP) is 2.01. The molecular formula is C19H25N3O2. The molecule has 3 heterocycles. The summed E-state index contributed by atoms with van der Waals surface area (Å²) in [6.45, 7) is 3.97. The number of nitrogens with one attached hydrogen (secondary N) is 1. The Balaban J connectivity index is 1.40. The zero-order valence-electron chi connectivity index (χ0n) is 14.0. The van der Waals surface area contributed by atoms with Crippen molar-refractivity contribution in [3.05, 3.63) is 36.5 Å². The number of hydrogen-bond donors (Lipinski definition) is 1. The zero-order chi connectivity index (χ0) is 16.4. The molecular weight excluding hydrogens is 302 g/mol. The Bertz CT molecular complexity index is 705. The minimum absolute atomic E-state index is 0.0638. The third kappa shape index (κ3) is 3.19. The van der Waals surface area contributed by atoms with E-state index in [1.807, 2.05) is 22.9 Å². The smallest absolute Gasteiger partial charge is 0.240 e. The first-order chi connectivity index (χ1) is 11.8. The third-order valence-corrected chi connectivity index (χ3v) is 5.25. The highest BCUT2D eigenvalue weighted by atomic mass is 16.5. The van der Waals surface area contributed by atoms with E-state index in [0.29, 0.717) is 19.2 Å². The lowest BCUT2D eigenvalue weighted by Crippen LogP contribution is -2.52. The van der Waals surface area contributed by atoms with Gasteiger partial charge in [0.15, 0.2) is 0 Å². The largest absolute Gasteiger partial charge is 0.378 e. The summed E-state index contributed by atoms with van der Waals surface area (Å²) in [5.41, 5.74) is 1.10. The van der Waals surface area contributed by atoms with Gasteiger partial charge in [-0.25, -0.2) is 0 Å². The van der Waals surface area contributed by atoms with Crippen molar-refractivity contribution in [3.63, 3.8) is 0 Å². The predicted molar refractivity (Wildman–Crippen MR) is 93.9 cm³/mol. The number of rotatable bonds is 4. The highest BCUT2D eigenvalue weighted by Crippen LogP contribution is 2.19. The summed E-state index contributed by atoms with van der Waals surface area (Å²) in [4.78, 5) is 15.0. The molecule has 24 heavy (non-hydrogen) atoms. The van der Waals surface area contributed by atoms with Gasteiger partial charge in [0.25, 0.3) is 0 Å². The lowest BCUT2D eigenvalue weighted by atomic mass is 10.0. The van der Waals surface area contributed by atoms with Crippen molar-refractivity contribution in [1.29, 1.82) is 0 Å². The molecule has 2 fully saturated rings. The SMILES string of the molecule is O=C(Cn1ccc2ccccc21)N[C@@H]1COC[C@H]1N1CCCCC1. The average Bonchev–Trinajstić information content (AvgIpc) is 3.23. The Kier molecular flexibility index (Phi) is 4.54. The van der Waals surface area contributed by atoms with Crippen LogP contribution in [0.15, 0.2) is 36.5 Å². The Hall–Kier alpha value is -1.85. The van der Waals surface area contributed by atoms with Gasteiger partial charge in [-0.1, -0.05) is 24.6 Å². The van der Waals surface area contributed by atoms with Crippen LogP contribution in [0.5, 0.6) is 0 Å². The van der Waals surface area contributed by atoms with Gasteiger partial charge < -0.3 is 14.6 Å². The number of nitrogens with zero attached hydrogens (tertiary/aromatic N) is 2. The maximum absolute atomic E-state index is 12.5. The number of carbonyl (C=O) groups excluding carboxylic acids is 1. The van der Waals surface area contributed by atoms with Gasteiger partial charge in [0.05, 0.1) is 25.3 Å². The number of para-hydroxylation sites is 1. The molecule has 5 nitrogen and oxygen atoms in total. The molecule has 0 radical (unpaired) electrons. The minimum atomic E-state index is 0.0638. The number of likely N-dealkylation sites (tertiary alicyclic amines) is 1. The van der Waals surface area contributed by atoms with Gasteiger partial charge in [0.2, 0.25) is 5.91 Å². The molecule has 0 aliphatic carbocycles. The minimum Gasteiger partial charge on any atom is -0.378 e. The Morgan fingerprint density at radius 1 is 1.12 bits per heavy atom. The normalized spacial score (nSPS) is 25.2. The molecule has 0 unspecified atom stereocenters. The van der Waals surface area contributed by atoms with Crippen molar-refractivity contribution in [3.8, 4) is 0 Å². The molecule has 1 aromatic carbocycles. The molecule has 2 saturated heterocycles. The van der Waals surface area contributed by atoms with Crippen molar-refractivity contribution in [2.45, 2.75) is 37.9 Å². The molecule has 2 aromatic rings. The number of piperidine rings is 1. The molecule has 0 saturated carbocycles. The van der Waals surface area contributed by atoms with E-state index in [1.165, 1.54) is 24.6 Å². The number of amides is 1. The van der Waals surface area contributed by atoms with E-state index >= 15 is 0 Å². The molecule has 2 atom stereocenters. The van der Waals surface area contributed by atoms with E-state index < -0.39 is 0 Å². The van der Waals surface area contributed by atoms with Crippen LogP contribution in [0.4, 0.5) is 0 Å². The number of aromatic nitrogens is 1. The second kappa shape index (κ2) is 6.95. The molecule has 1 aromatic heterocycles.